The summed E-state index contributed by atoms with van der Waals surface area (Å²) in [6.07, 6.45) is 1.39. The standard InChI is InChI=1S/C22H22ClN3O5S3/c1-15-4-2-5-16(10-15)13-34(30,31)22-24-11-19(23)20(25-22)21(27)26(12-18-6-3-8-32-18)17-7-9-33(28,29)14-17/h2-6,8,10-11,17H,7,9,12-14H2,1H3. The number of thiophene rings is 1. The van der Waals surface area contributed by atoms with Crippen LogP contribution in [0.2, 0.25) is 5.02 Å². The van der Waals surface area contributed by atoms with E-state index in [-0.39, 0.29) is 34.5 Å². The lowest BCUT2D eigenvalue weighted by Gasteiger charge is -2.28. The molecule has 0 N–H and O–H groups in total. The van der Waals surface area contributed by atoms with Crippen LogP contribution in [-0.4, -0.2) is 55.2 Å². The Hall–Kier alpha value is -2.34. The first kappa shape index (κ1) is 24.8. The highest BCUT2D eigenvalue weighted by atomic mass is 35.5. The van der Waals surface area contributed by atoms with E-state index in [2.05, 4.69) is 9.97 Å². The van der Waals surface area contributed by atoms with Crippen molar-refractivity contribution >= 4 is 48.5 Å². The summed E-state index contributed by atoms with van der Waals surface area (Å²) in [4.78, 5) is 23.7. The van der Waals surface area contributed by atoms with Crippen molar-refractivity contribution in [1.82, 2.24) is 14.9 Å². The van der Waals surface area contributed by atoms with Gasteiger partial charge in [-0.3, -0.25) is 4.79 Å². The van der Waals surface area contributed by atoms with Crippen LogP contribution < -0.4 is 0 Å². The Kier molecular flexibility index (Phi) is 7.09. The second-order valence-electron chi connectivity index (χ2n) is 8.17. The van der Waals surface area contributed by atoms with Gasteiger partial charge in [0.2, 0.25) is 15.0 Å². The molecule has 3 aromatic rings. The minimum atomic E-state index is -3.96. The average Bonchev–Trinajstić information content (AvgIpc) is 3.40. The smallest absolute Gasteiger partial charge is 0.274 e. The molecule has 0 radical (unpaired) electrons. The van der Waals surface area contributed by atoms with Gasteiger partial charge in [-0.1, -0.05) is 47.5 Å². The predicted molar refractivity (Wildman–Crippen MR) is 130 cm³/mol. The Morgan fingerprint density at radius 1 is 1.26 bits per heavy atom. The van der Waals surface area contributed by atoms with Gasteiger partial charge in [0.1, 0.15) is 0 Å². The van der Waals surface area contributed by atoms with Crippen LogP contribution >= 0.6 is 22.9 Å². The Balaban J connectivity index is 1.67. The maximum absolute atomic E-state index is 13.5. The van der Waals surface area contributed by atoms with Gasteiger partial charge in [0.15, 0.2) is 15.5 Å². The average molecular weight is 540 g/mol. The first-order valence-corrected chi connectivity index (χ1v) is 15.1. The first-order chi connectivity index (χ1) is 16.0. The number of amides is 1. The monoisotopic (exact) mass is 539 g/mol. The SMILES string of the molecule is Cc1cccc(CS(=O)(=O)c2ncc(Cl)c(C(=O)N(Cc3cccs3)C3CCS(=O)(=O)C3)n2)c1. The molecule has 8 nitrogen and oxygen atoms in total. The van der Waals surface area contributed by atoms with Crippen LogP contribution in [0.3, 0.4) is 0 Å². The summed E-state index contributed by atoms with van der Waals surface area (Å²) in [6, 6.07) is 10.2. The second-order valence-corrected chi connectivity index (χ2v) is 13.7. The van der Waals surface area contributed by atoms with Gasteiger partial charge in [0.25, 0.3) is 5.91 Å². The number of benzene rings is 1. The molecule has 1 amide bonds. The molecule has 12 heteroatoms. The summed E-state index contributed by atoms with van der Waals surface area (Å²) in [6.45, 7) is 2.03. The van der Waals surface area contributed by atoms with Crippen molar-refractivity contribution in [3.05, 3.63) is 74.7 Å². The number of rotatable bonds is 7. The fourth-order valence-electron chi connectivity index (χ4n) is 3.83. The molecule has 1 aliphatic rings. The molecule has 1 aliphatic heterocycles. The van der Waals surface area contributed by atoms with Gasteiger partial charge < -0.3 is 4.90 Å². The van der Waals surface area contributed by atoms with Crippen molar-refractivity contribution < 1.29 is 21.6 Å². The second kappa shape index (κ2) is 9.73. The van der Waals surface area contributed by atoms with Crippen molar-refractivity contribution in [1.29, 1.82) is 0 Å². The van der Waals surface area contributed by atoms with Gasteiger partial charge in [-0.25, -0.2) is 26.8 Å². The van der Waals surface area contributed by atoms with Crippen molar-refractivity contribution in [3.8, 4) is 0 Å². The third kappa shape index (κ3) is 5.65. The van der Waals surface area contributed by atoms with E-state index in [1.165, 1.54) is 16.2 Å². The lowest BCUT2D eigenvalue weighted by molar-refractivity contribution is 0.0676. The molecule has 34 heavy (non-hydrogen) atoms. The Morgan fingerprint density at radius 3 is 2.71 bits per heavy atom. The third-order valence-corrected chi connectivity index (χ3v) is 9.81. The summed E-state index contributed by atoms with van der Waals surface area (Å²) in [5, 5.41) is 1.25. The quantitative estimate of drug-likeness (QED) is 0.423. The van der Waals surface area contributed by atoms with Crippen molar-refractivity contribution in [2.45, 2.75) is 36.8 Å². The van der Waals surface area contributed by atoms with E-state index in [0.717, 1.165) is 16.6 Å². The summed E-state index contributed by atoms with van der Waals surface area (Å²) in [5.74, 6) is -1.14. The van der Waals surface area contributed by atoms with Gasteiger partial charge in [0.05, 0.1) is 35.0 Å². The molecule has 180 valence electrons. The van der Waals surface area contributed by atoms with E-state index >= 15 is 0 Å². The molecule has 0 aliphatic carbocycles. The van der Waals surface area contributed by atoms with Crippen LogP contribution in [0, 0.1) is 6.92 Å². The lowest BCUT2D eigenvalue weighted by Crippen LogP contribution is -2.41. The molecule has 4 rings (SSSR count). The topological polar surface area (TPSA) is 114 Å². The zero-order valence-electron chi connectivity index (χ0n) is 18.2. The van der Waals surface area contributed by atoms with E-state index in [1.54, 1.807) is 18.2 Å². The number of carbonyl (C=O) groups is 1. The van der Waals surface area contributed by atoms with Crippen LogP contribution in [0.1, 0.15) is 32.9 Å². The number of sulfone groups is 2. The number of carbonyl (C=O) groups excluding carboxylic acids is 1. The largest absolute Gasteiger partial charge is 0.328 e. The molecule has 0 bridgehead atoms. The van der Waals surface area contributed by atoms with Crippen LogP contribution in [0.5, 0.6) is 0 Å². The molecule has 1 atom stereocenters. The lowest BCUT2D eigenvalue weighted by atomic mass is 10.2. The Morgan fingerprint density at radius 2 is 2.06 bits per heavy atom. The van der Waals surface area contributed by atoms with Gasteiger partial charge in [-0.05, 0) is 30.4 Å². The Bertz CT molecular complexity index is 1420. The molecule has 1 saturated heterocycles. The molecular weight excluding hydrogens is 518 g/mol. The fourth-order valence-corrected chi connectivity index (χ4v) is 7.63. The molecule has 3 heterocycles. The normalized spacial score (nSPS) is 17.5. The van der Waals surface area contributed by atoms with Crippen molar-refractivity contribution in [3.63, 3.8) is 0 Å². The first-order valence-electron chi connectivity index (χ1n) is 10.4. The van der Waals surface area contributed by atoms with Crippen LogP contribution in [-0.2, 0) is 32.0 Å². The zero-order chi connectivity index (χ0) is 24.5. The molecule has 1 aromatic carbocycles. The summed E-state index contributed by atoms with van der Waals surface area (Å²) < 4.78 is 50.2. The van der Waals surface area contributed by atoms with E-state index in [1.807, 2.05) is 30.5 Å². The predicted octanol–water partition coefficient (Wildman–Crippen LogP) is 3.30. The molecule has 1 unspecified atom stereocenters. The number of halogens is 1. The minimum absolute atomic E-state index is 0.0144. The van der Waals surface area contributed by atoms with Gasteiger partial charge >= 0.3 is 0 Å². The number of hydrogen-bond donors (Lipinski definition) is 0. The Labute approximate surface area is 207 Å². The minimum Gasteiger partial charge on any atom is -0.328 e. The van der Waals surface area contributed by atoms with Gasteiger partial charge in [-0.15, -0.1) is 11.3 Å². The molecular formula is C22H22ClN3O5S3. The van der Waals surface area contributed by atoms with E-state index in [9.17, 15) is 21.6 Å². The molecule has 1 fully saturated rings. The molecule has 0 saturated carbocycles. The fraction of sp³-hybridized carbons (Fsp3) is 0.318. The molecule has 0 spiro atoms. The number of nitrogens with zero attached hydrogens (tertiary/aromatic N) is 3. The summed E-state index contributed by atoms with van der Waals surface area (Å²) in [5.41, 5.74) is 1.22. The van der Waals surface area contributed by atoms with E-state index < -0.39 is 36.8 Å². The zero-order valence-corrected chi connectivity index (χ0v) is 21.4. The summed E-state index contributed by atoms with van der Waals surface area (Å²) >= 11 is 7.66. The maximum atomic E-state index is 13.5. The van der Waals surface area contributed by atoms with Crippen molar-refractivity contribution in [2.75, 3.05) is 11.5 Å². The maximum Gasteiger partial charge on any atom is 0.274 e. The number of aromatic nitrogens is 2. The molecule has 2 aromatic heterocycles. The van der Waals surface area contributed by atoms with E-state index in [0.29, 0.717) is 12.0 Å². The highest BCUT2D eigenvalue weighted by Crippen LogP contribution is 2.26. The number of hydrogen-bond acceptors (Lipinski definition) is 8. The van der Waals surface area contributed by atoms with Gasteiger partial charge in [0, 0.05) is 10.9 Å². The number of aryl methyl sites for hydroxylation is 1. The highest BCUT2D eigenvalue weighted by molar-refractivity contribution is 7.91. The van der Waals surface area contributed by atoms with Crippen LogP contribution in [0.4, 0.5) is 0 Å². The highest BCUT2D eigenvalue weighted by Gasteiger charge is 2.36. The van der Waals surface area contributed by atoms with Gasteiger partial charge in [-0.2, -0.15) is 0 Å². The van der Waals surface area contributed by atoms with E-state index in [4.69, 9.17) is 11.6 Å². The van der Waals surface area contributed by atoms with Crippen LogP contribution in [0.15, 0.2) is 53.1 Å². The third-order valence-electron chi connectivity index (χ3n) is 5.46. The summed E-state index contributed by atoms with van der Waals surface area (Å²) in [7, 11) is -7.23. The van der Waals surface area contributed by atoms with Crippen molar-refractivity contribution in [2.24, 2.45) is 0 Å². The van der Waals surface area contributed by atoms with Crippen LogP contribution in [0.25, 0.3) is 0 Å².